The molecule has 0 bridgehead atoms. The fourth-order valence-corrected chi connectivity index (χ4v) is 2.63. The highest BCUT2D eigenvalue weighted by Crippen LogP contribution is 2.20. The van der Waals surface area contributed by atoms with E-state index in [9.17, 15) is 4.79 Å². The lowest BCUT2D eigenvalue weighted by molar-refractivity contribution is -0.137. The topological polar surface area (TPSA) is 46.5 Å². The van der Waals surface area contributed by atoms with Crippen molar-refractivity contribution in [2.24, 2.45) is 0 Å². The Bertz CT molecular complexity index is 370. The van der Waals surface area contributed by atoms with E-state index in [0.717, 1.165) is 5.56 Å². The summed E-state index contributed by atoms with van der Waals surface area (Å²) in [4.78, 5) is 10.9. The van der Waals surface area contributed by atoms with Crippen molar-refractivity contribution in [3.8, 4) is 0 Å². The molecule has 0 aliphatic heterocycles. The van der Waals surface area contributed by atoms with Crippen molar-refractivity contribution in [3.63, 3.8) is 0 Å². The second-order valence-corrected chi connectivity index (χ2v) is 5.28. The minimum absolute atomic E-state index is 0.241. The predicted molar refractivity (Wildman–Crippen MR) is 70.5 cm³/mol. The maximum absolute atomic E-state index is 10.9. The van der Waals surface area contributed by atoms with Crippen LogP contribution in [0.5, 0.6) is 0 Å². The van der Waals surface area contributed by atoms with Crippen molar-refractivity contribution in [1.82, 2.24) is 0 Å². The van der Waals surface area contributed by atoms with Crippen LogP contribution in [0.15, 0.2) is 18.2 Å². The summed E-state index contributed by atoms with van der Waals surface area (Å²) in [6.07, 6.45) is 0. The molecule has 0 heterocycles. The first-order chi connectivity index (χ1) is 8.02. The van der Waals surface area contributed by atoms with Gasteiger partial charge in [-0.1, -0.05) is 29.3 Å². The highest BCUT2D eigenvalue weighted by molar-refractivity contribution is 7.99. The maximum atomic E-state index is 10.9. The lowest BCUT2D eigenvalue weighted by atomic mass is 10.1. The highest BCUT2D eigenvalue weighted by Gasteiger charge is 2.17. The van der Waals surface area contributed by atoms with Gasteiger partial charge in [0, 0.05) is 12.9 Å². The van der Waals surface area contributed by atoms with Crippen molar-refractivity contribution < 1.29 is 14.6 Å². The van der Waals surface area contributed by atoms with Gasteiger partial charge in [0.2, 0.25) is 0 Å². The van der Waals surface area contributed by atoms with Gasteiger partial charge < -0.3 is 9.84 Å². The number of thioether (sulfide) groups is 1. The van der Waals surface area contributed by atoms with Crippen molar-refractivity contribution in [3.05, 3.63) is 34.9 Å². The third kappa shape index (κ3) is 4.79. The van der Waals surface area contributed by atoms with Crippen LogP contribution in [0.1, 0.15) is 16.7 Å². The number of hydrogen-bond donors (Lipinski definition) is 1. The van der Waals surface area contributed by atoms with Crippen molar-refractivity contribution in [1.29, 1.82) is 0 Å². The molecule has 0 aliphatic rings. The minimum Gasteiger partial charge on any atom is -0.480 e. The van der Waals surface area contributed by atoms with Crippen LogP contribution in [-0.2, 0) is 15.3 Å². The lowest BCUT2D eigenvalue weighted by Gasteiger charge is -2.11. The smallest absolute Gasteiger partial charge is 0.319 e. The largest absolute Gasteiger partial charge is 0.480 e. The molecule has 1 aromatic carbocycles. The van der Waals surface area contributed by atoms with E-state index < -0.39 is 11.2 Å². The van der Waals surface area contributed by atoms with Crippen molar-refractivity contribution in [2.45, 2.75) is 24.9 Å². The first-order valence-electron chi connectivity index (χ1n) is 5.43. The molecule has 0 aromatic heterocycles. The molecule has 0 saturated carbocycles. The van der Waals surface area contributed by atoms with E-state index in [1.165, 1.54) is 30.0 Å². The van der Waals surface area contributed by atoms with Gasteiger partial charge in [-0.2, -0.15) is 0 Å². The van der Waals surface area contributed by atoms with Gasteiger partial charge in [-0.3, -0.25) is 4.79 Å². The molecule has 0 radical (unpaired) electrons. The SMILES string of the molecule is COCC(SCc1cc(C)cc(C)c1)C(=O)O. The summed E-state index contributed by atoms with van der Waals surface area (Å²) < 4.78 is 4.90. The highest BCUT2D eigenvalue weighted by atomic mass is 32.2. The molecule has 0 fully saturated rings. The monoisotopic (exact) mass is 254 g/mol. The van der Waals surface area contributed by atoms with Gasteiger partial charge in [-0.05, 0) is 19.4 Å². The molecule has 4 heteroatoms. The summed E-state index contributed by atoms with van der Waals surface area (Å²) in [7, 11) is 1.52. The van der Waals surface area contributed by atoms with E-state index in [-0.39, 0.29) is 6.61 Å². The van der Waals surface area contributed by atoms with Gasteiger partial charge in [0.25, 0.3) is 0 Å². The van der Waals surface area contributed by atoms with E-state index in [4.69, 9.17) is 9.84 Å². The summed E-state index contributed by atoms with van der Waals surface area (Å²) >= 11 is 1.40. The summed E-state index contributed by atoms with van der Waals surface area (Å²) in [5.41, 5.74) is 3.58. The van der Waals surface area contributed by atoms with Crippen molar-refractivity contribution >= 4 is 17.7 Å². The fourth-order valence-electron chi connectivity index (χ4n) is 1.69. The van der Waals surface area contributed by atoms with Gasteiger partial charge in [0.05, 0.1) is 6.61 Å². The summed E-state index contributed by atoms with van der Waals surface area (Å²) in [6, 6.07) is 6.29. The van der Waals surface area contributed by atoms with E-state index in [2.05, 4.69) is 18.2 Å². The zero-order chi connectivity index (χ0) is 12.8. The normalized spacial score (nSPS) is 12.4. The van der Waals surface area contributed by atoms with Crippen molar-refractivity contribution in [2.75, 3.05) is 13.7 Å². The van der Waals surface area contributed by atoms with Gasteiger partial charge in [-0.15, -0.1) is 11.8 Å². The van der Waals surface area contributed by atoms with Gasteiger partial charge in [0.1, 0.15) is 5.25 Å². The Kier molecular flexibility index (Phi) is 5.51. The third-order valence-corrected chi connectivity index (χ3v) is 3.57. The molecule has 1 unspecified atom stereocenters. The summed E-state index contributed by atoms with van der Waals surface area (Å²) in [5, 5.41) is 8.49. The molecule has 17 heavy (non-hydrogen) atoms. The lowest BCUT2D eigenvalue weighted by Crippen LogP contribution is -2.21. The molecular weight excluding hydrogens is 236 g/mol. The zero-order valence-electron chi connectivity index (χ0n) is 10.4. The number of aliphatic carboxylic acids is 1. The number of carboxylic acid groups (broad SMARTS) is 1. The van der Waals surface area contributed by atoms with E-state index in [0.29, 0.717) is 5.75 Å². The fraction of sp³-hybridized carbons (Fsp3) is 0.462. The Balaban J connectivity index is 2.61. The average molecular weight is 254 g/mol. The number of carboxylic acids is 1. The standard InChI is InChI=1S/C13H18O3S/c1-9-4-10(2)6-11(5-9)8-17-12(7-16-3)13(14)15/h4-6,12H,7-8H2,1-3H3,(H,14,15). The molecule has 1 aromatic rings. The van der Waals surface area contributed by atoms with E-state index >= 15 is 0 Å². The van der Waals surface area contributed by atoms with Crippen LogP contribution in [0.2, 0.25) is 0 Å². The average Bonchev–Trinajstić information content (AvgIpc) is 2.22. The van der Waals surface area contributed by atoms with Gasteiger partial charge >= 0.3 is 5.97 Å². The Morgan fingerprint density at radius 2 is 1.94 bits per heavy atom. The van der Waals surface area contributed by atoms with Crippen LogP contribution < -0.4 is 0 Å². The first kappa shape index (κ1) is 14.1. The molecule has 0 amide bonds. The quantitative estimate of drug-likeness (QED) is 0.847. The van der Waals surface area contributed by atoms with Crippen LogP contribution in [0.3, 0.4) is 0 Å². The minimum atomic E-state index is -0.818. The second-order valence-electron chi connectivity index (χ2n) is 4.09. The number of ether oxygens (including phenoxy) is 1. The van der Waals surface area contributed by atoms with E-state index in [1.807, 2.05) is 13.8 Å². The van der Waals surface area contributed by atoms with Gasteiger partial charge in [-0.25, -0.2) is 0 Å². The molecule has 0 saturated heterocycles. The Labute approximate surface area is 106 Å². The Hall–Kier alpha value is -1.00. The predicted octanol–water partition coefficient (Wildman–Crippen LogP) is 2.64. The number of benzene rings is 1. The molecule has 1 atom stereocenters. The van der Waals surface area contributed by atoms with Crippen LogP contribution in [0.4, 0.5) is 0 Å². The van der Waals surface area contributed by atoms with Crippen LogP contribution >= 0.6 is 11.8 Å². The number of methoxy groups -OCH3 is 1. The van der Waals surface area contributed by atoms with Crippen LogP contribution in [-0.4, -0.2) is 30.0 Å². The Morgan fingerprint density at radius 3 is 2.41 bits per heavy atom. The Morgan fingerprint density at radius 1 is 1.35 bits per heavy atom. The molecule has 0 spiro atoms. The molecule has 1 N–H and O–H groups in total. The molecular formula is C13H18O3S. The van der Waals surface area contributed by atoms with E-state index in [1.54, 1.807) is 0 Å². The second kappa shape index (κ2) is 6.67. The van der Waals surface area contributed by atoms with Crippen LogP contribution in [0.25, 0.3) is 0 Å². The third-order valence-electron chi connectivity index (χ3n) is 2.33. The molecule has 0 aliphatic carbocycles. The molecule has 1 rings (SSSR count). The number of rotatable bonds is 6. The number of aryl methyl sites for hydroxylation is 2. The number of hydrogen-bond acceptors (Lipinski definition) is 3. The number of carbonyl (C=O) groups is 1. The summed E-state index contributed by atoms with van der Waals surface area (Å²) in [6.45, 7) is 4.33. The molecule has 94 valence electrons. The van der Waals surface area contributed by atoms with Gasteiger partial charge in [0.15, 0.2) is 0 Å². The molecule has 3 nitrogen and oxygen atoms in total. The van der Waals surface area contributed by atoms with Crippen LogP contribution in [0, 0.1) is 13.8 Å². The first-order valence-corrected chi connectivity index (χ1v) is 6.48. The zero-order valence-corrected chi connectivity index (χ0v) is 11.2. The summed E-state index contributed by atoms with van der Waals surface area (Å²) in [5.74, 6) is -0.121. The maximum Gasteiger partial charge on any atom is 0.319 e.